The standard InChI is InChI=1S/C13H18BrN3O/c14-10-4-5-11(9(7-10)8-15)17-6-2-1-3-12(17)13(16)18/h4-5,7,12H,1-3,6,8,15H2,(H2,16,18). The van der Waals surface area contributed by atoms with Crippen LogP contribution in [-0.2, 0) is 11.3 Å². The van der Waals surface area contributed by atoms with Crippen molar-refractivity contribution in [3.8, 4) is 0 Å². The predicted octanol–water partition coefficient (Wildman–Crippen LogP) is 1.75. The third-order valence-electron chi connectivity index (χ3n) is 3.40. The van der Waals surface area contributed by atoms with Crippen LogP contribution in [0.15, 0.2) is 22.7 Å². The molecule has 1 aliphatic rings. The van der Waals surface area contributed by atoms with Crippen molar-refractivity contribution in [2.75, 3.05) is 11.4 Å². The fourth-order valence-corrected chi connectivity index (χ4v) is 2.92. The second-order valence-electron chi connectivity index (χ2n) is 4.58. The molecule has 0 aromatic heterocycles. The molecule has 98 valence electrons. The fourth-order valence-electron chi connectivity index (χ4n) is 2.51. The fraction of sp³-hybridized carbons (Fsp3) is 0.462. The van der Waals surface area contributed by atoms with Gasteiger partial charge < -0.3 is 16.4 Å². The van der Waals surface area contributed by atoms with E-state index in [4.69, 9.17) is 11.5 Å². The van der Waals surface area contributed by atoms with Crippen LogP contribution in [-0.4, -0.2) is 18.5 Å². The number of hydrogen-bond donors (Lipinski definition) is 2. The van der Waals surface area contributed by atoms with Crippen LogP contribution < -0.4 is 16.4 Å². The molecule has 0 spiro atoms. The molecule has 1 saturated heterocycles. The minimum atomic E-state index is -0.249. The number of carbonyl (C=O) groups is 1. The van der Waals surface area contributed by atoms with E-state index in [0.29, 0.717) is 6.54 Å². The number of nitrogens with zero attached hydrogens (tertiary/aromatic N) is 1. The Morgan fingerprint density at radius 2 is 2.22 bits per heavy atom. The van der Waals surface area contributed by atoms with Crippen LogP contribution in [0.4, 0.5) is 5.69 Å². The molecule has 1 aromatic carbocycles. The smallest absolute Gasteiger partial charge is 0.240 e. The molecule has 4 nitrogen and oxygen atoms in total. The number of amides is 1. The van der Waals surface area contributed by atoms with E-state index in [2.05, 4.69) is 20.8 Å². The van der Waals surface area contributed by atoms with Crippen LogP contribution in [0.1, 0.15) is 24.8 Å². The zero-order valence-electron chi connectivity index (χ0n) is 10.2. The lowest BCUT2D eigenvalue weighted by Gasteiger charge is -2.36. The number of carbonyl (C=O) groups excluding carboxylic acids is 1. The number of primary amides is 1. The highest BCUT2D eigenvalue weighted by atomic mass is 79.9. The first-order valence-electron chi connectivity index (χ1n) is 6.18. The van der Waals surface area contributed by atoms with Gasteiger partial charge in [-0.2, -0.15) is 0 Å². The molecule has 5 heteroatoms. The Kier molecular flexibility index (Phi) is 4.24. The van der Waals surface area contributed by atoms with E-state index in [0.717, 1.165) is 41.5 Å². The first-order chi connectivity index (χ1) is 8.63. The van der Waals surface area contributed by atoms with E-state index < -0.39 is 0 Å². The molecular formula is C13H18BrN3O. The van der Waals surface area contributed by atoms with Gasteiger partial charge in [0.25, 0.3) is 0 Å². The molecule has 1 aromatic rings. The maximum absolute atomic E-state index is 11.5. The predicted molar refractivity (Wildman–Crippen MR) is 76.2 cm³/mol. The lowest BCUT2D eigenvalue weighted by Crippen LogP contribution is -2.48. The number of benzene rings is 1. The van der Waals surface area contributed by atoms with Gasteiger partial charge in [-0.15, -0.1) is 0 Å². The Morgan fingerprint density at radius 1 is 1.44 bits per heavy atom. The van der Waals surface area contributed by atoms with E-state index >= 15 is 0 Å². The van der Waals surface area contributed by atoms with Crippen molar-refractivity contribution in [3.05, 3.63) is 28.2 Å². The number of halogens is 1. The normalized spacial score (nSPS) is 19.9. The number of rotatable bonds is 3. The maximum Gasteiger partial charge on any atom is 0.240 e. The molecule has 18 heavy (non-hydrogen) atoms. The van der Waals surface area contributed by atoms with Gasteiger partial charge in [0, 0.05) is 23.2 Å². The van der Waals surface area contributed by atoms with Gasteiger partial charge in [-0.1, -0.05) is 15.9 Å². The molecule has 0 aliphatic carbocycles. The van der Waals surface area contributed by atoms with Gasteiger partial charge in [-0.25, -0.2) is 0 Å². The molecule has 1 amide bonds. The highest BCUT2D eigenvalue weighted by molar-refractivity contribution is 9.10. The van der Waals surface area contributed by atoms with Crippen molar-refractivity contribution in [1.29, 1.82) is 0 Å². The second-order valence-corrected chi connectivity index (χ2v) is 5.50. The number of piperidine rings is 1. The van der Waals surface area contributed by atoms with Crippen molar-refractivity contribution >= 4 is 27.5 Å². The summed E-state index contributed by atoms with van der Waals surface area (Å²) >= 11 is 3.44. The minimum absolute atomic E-state index is 0.203. The number of hydrogen-bond acceptors (Lipinski definition) is 3. The van der Waals surface area contributed by atoms with E-state index in [9.17, 15) is 4.79 Å². The zero-order valence-corrected chi connectivity index (χ0v) is 11.8. The van der Waals surface area contributed by atoms with Gasteiger partial charge >= 0.3 is 0 Å². The summed E-state index contributed by atoms with van der Waals surface area (Å²) in [5.74, 6) is -0.249. The molecule has 1 fully saturated rings. The topological polar surface area (TPSA) is 72.3 Å². The monoisotopic (exact) mass is 311 g/mol. The van der Waals surface area contributed by atoms with E-state index in [1.165, 1.54) is 0 Å². The van der Waals surface area contributed by atoms with Crippen molar-refractivity contribution in [3.63, 3.8) is 0 Å². The van der Waals surface area contributed by atoms with E-state index in [1.54, 1.807) is 0 Å². The largest absolute Gasteiger partial charge is 0.368 e. The van der Waals surface area contributed by atoms with Crippen LogP contribution in [0.25, 0.3) is 0 Å². The first kappa shape index (κ1) is 13.4. The number of nitrogens with two attached hydrogens (primary N) is 2. The lowest BCUT2D eigenvalue weighted by molar-refractivity contribution is -0.119. The van der Waals surface area contributed by atoms with E-state index in [-0.39, 0.29) is 11.9 Å². The van der Waals surface area contributed by atoms with Crippen LogP contribution in [0.3, 0.4) is 0 Å². The van der Waals surface area contributed by atoms with Crippen LogP contribution in [0.2, 0.25) is 0 Å². The Morgan fingerprint density at radius 3 is 2.89 bits per heavy atom. The van der Waals surface area contributed by atoms with Gasteiger partial charge in [-0.3, -0.25) is 4.79 Å². The Labute approximate surface area is 115 Å². The average molecular weight is 312 g/mol. The summed E-state index contributed by atoms with van der Waals surface area (Å²) < 4.78 is 0.999. The molecule has 4 N–H and O–H groups in total. The summed E-state index contributed by atoms with van der Waals surface area (Å²) in [7, 11) is 0. The Balaban J connectivity index is 2.36. The summed E-state index contributed by atoms with van der Waals surface area (Å²) in [4.78, 5) is 13.6. The Hall–Kier alpha value is -1.07. The molecule has 2 rings (SSSR count). The summed E-state index contributed by atoms with van der Waals surface area (Å²) in [6.45, 7) is 1.32. The van der Waals surface area contributed by atoms with E-state index in [1.807, 2.05) is 18.2 Å². The van der Waals surface area contributed by atoms with Crippen LogP contribution in [0.5, 0.6) is 0 Å². The zero-order chi connectivity index (χ0) is 13.1. The van der Waals surface area contributed by atoms with Crippen molar-refractivity contribution in [2.24, 2.45) is 11.5 Å². The molecule has 0 bridgehead atoms. The molecule has 1 unspecified atom stereocenters. The summed E-state index contributed by atoms with van der Waals surface area (Å²) in [6, 6.07) is 5.78. The van der Waals surface area contributed by atoms with Crippen molar-refractivity contribution in [2.45, 2.75) is 31.8 Å². The summed E-state index contributed by atoms with van der Waals surface area (Å²) in [5.41, 5.74) is 13.4. The molecular weight excluding hydrogens is 294 g/mol. The third-order valence-corrected chi connectivity index (χ3v) is 3.90. The summed E-state index contributed by atoms with van der Waals surface area (Å²) in [5, 5.41) is 0. The third kappa shape index (κ3) is 2.67. The van der Waals surface area contributed by atoms with Gasteiger partial charge in [0.05, 0.1) is 0 Å². The highest BCUT2D eigenvalue weighted by Crippen LogP contribution is 2.29. The molecule has 1 heterocycles. The van der Waals surface area contributed by atoms with Gasteiger partial charge in [0.1, 0.15) is 6.04 Å². The molecule has 0 radical (unpaired) electrons. The number of anilines is 1. The van der Waals surface area contributed by atoms with Crippen LogP contribution >= 0.6 is 15.9 Å². The van der Waals surface area contributed by atoms with Gasteiger partial charge in [0.2, 0.25) is 5.91 Å². The molecule has 1 atom stereocenters. The quantitative estimate of drug-likeness (QED) is 0.893. The van der Waals surface area contributed by atoms with Crippen molar-refractivity contribution in [1.82, 2.24) is 0 Å². The van der Waals surface area contributed by atoms with Gasteiger partial charge in [0.15, 0.2) is 0 Å². The molecule has 0 saturated carbocycles. The second kappa shape index (κ2) is 5.71. The maximum atomic E-state index is 11.5. The van der Waals surface area contributed by atoms with Crippen molar-refractivity contribution < 1.29 is 4.79 Å². The van der Waals surface area contributed by atoms with Gasteiger partial charge in [-0.05, 0) is 43.0 Å². The Bertz CT molecular complexity index is 450. The highest BCUT2D eigenvalue weighted by Gasteiger charge is 2.28. The van der Waals surface area contributed by atoms with Crippen LogP contribution in [0, 0.1) is 0 Å². The lowest BCUT2D eigenvalue weighted by atomic mass is 9.99. The summed E-state index contributed by atoms with van der Waals surface area (Å²) in [6.07, 6.45) is 2.97. The average Bonchev–Trinajstić information content (AvgIpc) is 2.38. The molecule has 1 aliphatic heterocycles. The minimum Gasteiger partial charge on any atom is -0.368 e. The first-order valence-corrected chi connectivity index (χ1v) is 6.97. The SMILES string of the molecule is NCc1cc(Br)ccc1N1CCCCC1C(N)=O.